The fourth-order valence-corrected chi connectivity index (χ4v) is 2.56. The lowest BCUT2D eigenvalue weighted by molar-refractivity contribution is 0.148. The number of rotatable bonds is 4. The van der Waals surface area contributed by atoms with Crippen molar-refractivity contribution >= 4 is 11.0 Å². The molecule has 3 rings (SSSR count). The second-order valence-electron chi connectivity index (χ2n) is 5.32. The van der Waals surface area contributed by atoms with E-state index in [4.69, 9.17) is 10.2 Å². The Morgan fingerprint density at radius 3 is 2.83 bits per heavy atom. The molecule has 1 saturated carbocycles. The van der Waals surface area contributed by atoms with Gasteiger partial charge in [-0.1, -0.05) is 24.6 Å². The molecule has 1 aliphatic carbocycles. The summed E-state index contributed by atoms with van der Waals surface area (Å²) in [4.78, 5) is 2.36. The fraction of sp³-hybridized carbons (Fsp3) is 0.467. The average molecular weight is 244 g/mol. The first-order chi connectivity index (χ1) is 8.74. The maximum Gasteiger partial charge on any atom is 0.134 e. The first-order valence-corrected chi connectivity index (χ1v) is 6.68. The molecule has 0 radical (unpaired) electrons. The van der Waals surface area contributed by atoms with Crippen molar-refractivity contribution in [1.82, 2.24) is 4.90 Å². The highest BCUT2D eigenvalue weighted by atomic mass is 16.3. The fourth-order valence-electron chi connectivity index (χ4n) is 2.56. The van der Waals surface area contributed by atoms with Gasteiger partial charge in [-0.15, -0.1) is 0 Å². The molecule has 18 heavy (non-hydrogen) atoms. The molecule has 96 valence electrons. The number of hydrogen-bond acceptors (Lipinski definition) is 3. The van der Waals surface area contributed by atoms with E-state index in [9.17, 15) is 0 Å². The van der Waals surface area contributed by atoms with Crippen LogP contribution >= 0.6 is 0 Å². The molecule has 0 aliphatic heterocycles. The summed E-state index contributed by atoms with van der Waals surface area (Å²) in [7, 11) is 2.16. The third-order valence-corrected chi connectivity index (χ3v) is 3.99. The van der Waals surface area contributed by atoms with Crippen LogP contribution in [-0.4, -0.2) is 24.5 Å². The Bertz CT molecular complexity index is 497. The van der Waals surface area contributed by atoms with Crippen LogP contribution in [0.5, 0.6) is 0 Å². The summed E-state index contributed by atoms with van der Waals surface area (Å²) in [5.41, 5.74) is 7.17. The maximum absolute atomic E-state index is 6.24. The van der Waals surface area contributed by atoms with Gasteiger partial charge in [0.15, 0.2) is 0 Å². The number of nitrogens with zero attached hydrogens (tertiary/aromatic N) is 1. The van der Waals surface area contributed by atoms with Crippen molar-refractivity contribution in [2.75, 3.05) is 13.6 Å². The SMILES string of the molecule is CN(CC(N)c1cc2ccccc2o1)C1CCC1. The molecular weight excluding hydrogens is 224 g/mol. The number of likely N-dealkylation sites (N-methyl/N-ethyl adjacent to an activating group) is 1. The van der Waals surface area contributed by atoms with E-state index in [-0.39, 0.29) is 6.04 Å². The van der Waals surface area contributed by atoms with Crippen LogP contribution in [0.15, 0.2) is 34.7 Å². The molecule has 1 aromatic heterocycles. The van der Waals surface area contributed by atoms with Gasteiger partial charge in [0.25, 0.3) is 0 Å². The minimum absolute atomic E-state index is 0.0389. The Labute approximate surface area is 108 Å². The standard InChI is InChI=1S/C15H20N2O/c1-17(12-6-4-7-12)10-13(16)15-9-11-5-2-3-8-14(11)18-15/h2-3,5,8-9,12-13H,4,6-7,10,16H2,1H3. The van der Waals surface area contributed by atoms with Crippen molar-refractivity contribution in [3.63, 3.8) is 0 Å². The zero-order valence-electron chi connectivity index (χ0n) is 10.8. The smallest absolute Gasteiger partial charge is 0.134 e. The number of benzene rings is 1. The Balaban J connectivity index is 1.72. The second-order valence-corrected chi connectivity index (χ2v) is 5.32. The predicted octanol–water partition coefficient (Wildman–Crippen LogP) is 2.92. The van der Waals surface area contributed by atoms with E-state index in [1.165, 1.54) is 19.3 Å². The van der Waals surface area contributed by atoms with Crippen molar-refractivity contribution in [1.29, 1.82) is 0 Å². The molecular formula is C15H20N2O. The Morgan fingerprint density at radius 1 is 1.39 bits per heavy atom. The summed E-state index contributed by atoms with van der Waals surface area (Å²) in [6, 6.07) is 10.8. The highest BCUT2D eigenvalue weighted by molar-refractivity contribution is 5.77. The molecule has 3 nitrogen and oxygen atoms in total. The second kappa shape index (κ2) is 4.75. The first-order valence-electron chi connectivity index (χ1n) is 6.68. The molecule has 1 aromatic carbocycles. The van der Waals surface area contributed by atoms with Crippen molar-refractivity contribution in [2.45, 2.75) is 31.3 Å². The molecule has 3 heteroatoms. The quantitative estimate of drug-likeness (QED) is 0.899. The van der Waals surface area contributed by atoms with Gasteiger partial charge in [0, 0.05) is 18.0 Å². The van der Waals surface area contributed by atoms with E-state index in [1.807, 2.05) is 18.2 Å². The molecule has 0 amide bonds. The van der Waals surface area contributed by atoms with E-state index in [0.29, 0.717) is 0 Å². The summed E-state index contributed by atoms with van der Waals surface area (Å²) in [6.07, 6.45) is 3.97. The lowest BCUT2D eigenvalue weighted by atomic mass is 9.91. The minimum atomic E-state index is -0.0389. The van der Waals surface area contributed by atoms with Gasteiger partial charge < -0.3 is 15.1 Å². The van der Waals surface area contributed by atoms with Crippen LogP contribution in [-0.2, 0) is 0 Å². The van der Waals surface area contributed by atoms with Crippen LogP contribution < -0.4 is 5.73 Å². The van der Waals surface area contributed by atoms with Gasteiger partial charge in [-0.05, 0) is 32.0 Å². The predicted molar refractivity (Wildman–Crippen MR) is 73.4 cm³/mol. The van der Waals surface area contributed by atoms with Crippen molar-refractivity contribution in [2.24, 2.45) is 5.73 Å². The summed E-state index contributed by atoms with van der Waals surface area (Å²) in [6.45, 7) is 0.866. The van der Waals surface area contributed by atoms with Crippen LogP contribution in [0.3, 0.4) is 0 Å². The number of para-hydroxylation sites is 1. The third kappa shape index (κ3) is 2.16. The Kier molecular flexibility index (Phi) is 3.10. The summed E-state index contributed by atoms with van der Waals surface area (Å²) in [5.74, 6) is 0.891. The van der Waals surface area contributed by atoms with Crippen molar-refractivity contribution in [3.8, 4) is 0 Å². The molecule has 2 N–H and O–H groups in total. The van der Waals surface area contributed by atoms with Gasteiger partial charge in [0.05, 0.1) is 6.04 Å². The number of furan rings is 1. The first kappa shape index (κ1) is 11.8. The van der Waals surface area contributed by atoms with Gasteiger partial charge in [0.1, 0.15) is 11.3 Å². The molecule has 0 saturated heterocycles. The van der Waals surface area contributed by atoms with E-state index >= 15 is 0 Å². The Morgan fingerprint density at radius 2 is 2.17 bits per heavy atom. The van der Waals surface area contributed by atoms with Gasteiger partial charge in [-0.3, -0.25) is 0 Å². The van der Waals surface area contributed by atoms with E-state index in [2.05, 4.69) is 24.1 Å². The number of hydrogen-bond donors (Lipinski definition) is 1. The van der Waals surface area contributed by atoms with E-state index < -0.39 is 0 Å². The number of nitrogens with two attached hydrogens (primary N) is 1. The summed E-state index contributed by atoms with van der Waals surface area (Å²) in [5, 5.41) is 1.13. The maximum atomic E-state index is 6.24. The minimum Gasteiger partial charge on any atom is -0.459 e. The molecule has 1 heterocycles. The molecule has 0 bridgehead atoms. The largest absolute Gasteiger partial charge is 0.459 e. The van der Waals surface area contributed by atoms with Gasteiger partial charge >= 0.3 is 0 Å². The van der Waals surface area contributed by atoms with Crippen molar-refractivity contribution in [3.05, 3.63) is 36.1 Å². The molecule has 0 spiro atoms. The van der Waals surface area contributed by atoms with Gasteiger partial charge in [-0.2, -0.15) is 0 Å². The highest BCUT2D eigenvalue weighted by Crippen LogP contribution is 2.27. The van der Waals surface area contributed by atoms with Crippen LogP contribution in [0.1, 0.15) is 31.1 Å². The third-order valence-electron chi connectivity index (χ3n) is 3.99. The van der Waals surface area contributed by atoms with Gasteiger partial charge in [0.2, 0.25) is 0 Å². The van der Waals surface area contributed by atoms with Crippen molar-refractivity contribution < 1.29 is 4.42 Å². The van der Waals surface area contributed by atoms with E-state index in [0.717, 1.165) is 29.3 Å². The zero-order valence-corrected chi connectivity index (χ0v) is 10.8. The molecule has 1 atom stereocenters. The molecule has 1 unspecified atom stereocenters. The number of fused-ring (bicyclic) bond motifs is 1. The van der Waals surface area contributed by atoms with Crippen LogP contribution in [0.25, 0.3) is 11.0 Å². The Hall–Kier alpha value is -1.32. The molecule has 2 aromatic rings. The molecule has 1 aliphatic rings. The lowest BCUT2D eigenvalue weighted by Crippen LogP contribution is -2.40. The monoisotopic (exact) mass is 244 g/mol. The topological polar surface area (TPSA) is 42.4 Å². The summed E-state index contributed by atoms with van der Waals surface area (Å²) >= 11 is 0. The van der Waals surface area contributed by atoms with Gasteiger partial charge in [-0.25, -0.2) is 0 Å². The average Bonchev–Trinajstić information content (AvgIpc) is 2.69. The van der Waals surface area contributed by atoms with Crippen LogP contribution in [0.4, 0.5) is 0 Å². The summed E-state index contributed by atoms with van der Waals surface area (Å²) < 4.78 is 5.81. The van der Waals surface area contributed by atoms with Crippen LogP contribution in [0.2, 0.25) is 0 Å². The highest BCUT2D eigenvalue weighted by Gasteiger charge is 2.24. The lowest BCUT2D eigenvalue weighted by Gasteiger charge is -2.35. The van der Waals surface area contributed by atoms with Crippen LogP contribution in [0, 0.1) is 0 Å². The normalized spacial score (nSPS) is 18.2. The molecule has 1 fully saturated rings. The van der Waals surface area contributed by atoms with E-state index in [1.54, 1.807) is 0 Å². The zero-order chi connectivity index (χ0) is 12.5.